The molecule has 10 nitrogen and oxygen atoms in total. The van der Waals surface area contributed by atoms with Crippen molar-refractivity contribution in [1.82, 2.24) is 0 Å². The summed E-state index contributed by atoms with van der Waals surface area (Å²) in [5, 5.41) is 13.2. The number of amides is 1. The number of anilines is 2. The van der Waals surface area contributed by atoms with Gasteiger partial charge in [0.15, 0.2) is 6.61 Å². The summed E-state index contributed by atoms with van der Waals surface area (Å²) < 4.78 is 33.1. The largest absolute Gasteiger partial charge is 0.452 e. The molecule has 192 valence electrons. The zero-order chi connectivity index (χ0) is 26.7. The van der Waals surface area contributed by atoms with Crippen LogP contribution in [0.3, 0.4) is 0 Å². The van der Waals surface area contributed by atoms with Crippen molar-refractivity contribution >= 4 is 62.2 Å². The number of non-ortho nitro benzene ring substituents is 1. The number of sulfonamides is 1. The molecule has 0 aromatic heterocycles. The lowest BCUT2D eigenvalue weighted by Crippen LogP contribution is -2.35. The number of rotatable bonds is 7. The maximum Gasteiger partial charge on any atom is 0.340 e. The Labute approximate surface area is 221 Å². The van der Waals surface area contributed by atoms with E-state index < -0.39 is 33.4 Å². The summed E-state index contributed by atoms with van der Waals surface area (Å²) in [6.07, 6.45) is 1.40. The van der Waals surface area contributed by atoms with Gasteiger partial charge in [-0.2, -0.15) is 0 Å². The van der Waals surface area contributed by atoms with Crippen LogP contribution >= 0.6 is 23.2 Å². The Kier molecular flexibility index (Phi) is 7.67. The van der Waals surface area contributed by atoms with Gasteiger partial charge in [0.05, 0.1) is 36.8 Å². The van der Waals surface area contributed by atoms with Crippen molar-refractivity contribution in [2.24, 2.45) is 0 Å². The quantitative estimate of drug-likeness (QED) is 0.246. The molecule has 0 aliphatic carbocycles. The van der Waals surface area contributed by atoms with Crippen LogP contribution in [0.4, 0.5) is 17.1 Å². The first-order chi connectivity index (χ1) is 17.6. The second-order valence-electron chi connectivity index (χ2n) is 8.00. The van der Waals surface area contributed by atoms with E-state index in [0.29, 0.717) is 12.1 Å². The third-order valence-electron chi connectivity index (χ3n) is 5.58. The molecule has 0 saturated carbocycles. The summed E-state index contributed by atoms with van der Waals surface area (Å²) >= 11 is 12.1. The monoisotopic (exact) mass is 563 g/mol. The fourth-order valence-electron chi connectivity index (χ4n) is 3.82. The van der Waals surface area contributed by atoms with E-state index in [0.717, 1.165) is 24.1 Å². The van der Waals surface area contributed by atoms with Crippen molar-refractivity contribution in [2.75, 3.05) is 22.8 Å². The van der Waals surface area contributed by atoms with E-state index >= 15 is 0 Å². The van der Waals surface area contributed by atoms with E-state index in [1.807, 2.05) is 12.1 Å². The smallest absolute Gasteiger partial charge is 0.340 e. The van der Waals surface area contributed by atoms with Crippen LogP contribution in [0.2, 0.25) is 10.0 Å². The van der Waals surface area contributed by atoms with Crippen LogP contribution in [0.1, 0.15) is 22.3 Å². The number of carbonyl (C=O) groups is 2. The minimum atomic E-state index is -4.02. The van der Waals surface area contributed by atoms with Crippen molar-refractivity contribution in [3.63, 3.8) is 0 Å². The number of hydrogen-bond donors (Lipinski definition) is 1. The number of ether oxygens (including phenoxy) is 1. The molecule has 1 amide bonds. The second-order valence-corrected chi connectivity index (χ2v) is 10.7. The van der Waals surface area contributed by atoms with E-state index in [9.17, 15) is 28.1 Å². The van der Waals surface area contributed by atoms with E-state index in [1.165, 1.54) is 28.6 Å². The molecule has 1 N–H and O–H groups in total. The highest BCUT2D eigenvalue weighted by Gasteiger charge is 2.30. The second kappa shape index (κ2) is 10.8. The molecule has 0 radical (unpaired) electrons. The van der Waals surface area contributed by atoms with E-state index in [4.69, 9.17) is 27.9 Å². The zero-order valence-corrected chi connectivity index (χ0v) is 21.3. The predicted octanol–water partition coefficient (Wildman–Crippen LogP) is 4.84. The first-order valence-electron chi connectivity index (χ1n) is 10.9. The lowest BCUT2D eigenvalue weighted by atomic mass is 10.0. The van der Waals surface area contributed by atoms with Gasteiger partial charge in [0.2, 0.25) is 0 Å². The molecule has 4 rings (SSSR count). The number of nitrogens with one attached hydrogen (secondary N) is 1. The maximum atomic E-state index is 13.4. The fourth-order valence-corrected chi connectivity index (χ4v) is 5.74. The van der Waals surface area contributed by atoms with Crippen molar-refractivity contribution in [2.45, 2.75) is 17.7 Å². The van der Waals surface area contributed by atoms with Crippen LogP contribution in [0, 0.1) is 10.1 Å². The molecule has 13 heteroatoms. The van der Waals surface area contributed by atoms with Crippen LogP contribution in [0.5, 0.6) is 0 Å². The molecular weight excluding hydrogens is 545 g/mol. The van der Waals surface area contributed by atoms with Gasteiger partial charge in [-0.25, -0.2) is 13.2 Å². The lowest BCUT2D eigenvalue weighted by Gasteiger charge is -2.30. The van der Waals surface area contributed by atoms with Gasteiger partial charge in [-0.1, -0.05) is 41.4 Å². The summed E-state index contributed by atoms with van der Waals surface area (Å²) in [4.78, 5) is 35.1. The van der Waals surface area contributed by atoms with E-state index in [2.05, 4.69) is 5.32 Å². The number of nitro benzene ring substituents is 1. The van der Waals surface area contributed by atoms with Gasteiger partial charge >= 0.3 is 5.97 Å². The number of halogens is 2. The molecule has 0 bridgehead atoms. The van der Waals surface area contributed by atoms with Gasteiger partial charge in [0.25, 0.3) is 21.6 Å². The third-order valence-corrected chi connectivity index (χ3v) is 8.05. The van der Waals surface area contributed by atoms with Crippen molar-refractivity contribution < 1.29 is 27.7 Å². The minimum Gasteiger partial charge on any atom is -0.452 e. The third kappa shape index (κ3) is 5.68. The van der Waals surface area contributed by atoms with Crippen LogP contribution in [0.15, 0.2) is 65.6 Å². The summed E-state index contributed by atoms with van der Waals surface area (Å²) in [6.45, 7) is -0.493. The van der Waals surface area contributed by atoms with Crippen molar-refractivity contribution in [3.8, 4) is 0 Å². The molecule has 3 aromatic rings. The van der Waals surface area contributed by atoms with E-state index in [1.54, 1.807) is 12.1 Å². The summed E-state index contributed by atoms with van der Waals surface area (Å²) in [7, 11) is -4.02. The number of hydrogen-bond acceptors (Lipinski definition) is 7. The Hall–Kier alpha value is -3.67. The average molecular weight is 564 g/mol. The number of fused-ring (bicyclic) bond motifs is 1. The Morgan fingerprint density at radius 3 is 2.54 bits per heavy atom. The molecule has 1 aliphatic heterocycles. The fraction of sp³-hybridized carbons (Fsp3) is 0.167. The Morgan fingerprint density at radius 1 is 1.05 bits per heavy atom. The first kappa shape index (κ1) is 26.4. The summed E-state index contributed by atoms with van der Waals surface area (Å²) in [6, 6.07) is 14.3. The maximum absolute atomic E-state index is 13.4. The average Bonchev–Trinajstić information content (AvgIpc) is 2.88. The topological polar surface area (TPSA) is 136 Å². The molecule has 0 saturated heterocycles. The lowest BCUT2D eigenvalue weighted by molar-refractivity contribution is -0.384. The number of esters is 1. The molecule has 1 aliphatic rings. The van der Waals surface area contributed by atoms with Gasteiger partial charge in [0, 0.05) is 18.7 Å². The normalized spacial score (nSPS) is 13.0. The number of para-hydroxylation sites is 1. The summed E-state index contributed by atoms with van der Waals surface area (Å²) in [5.41, 5.74) is 0.905. The highest BCUT2D eigenvalue weighted by atomic mass is 35.5. The highest BCUT2D eigenvalue weighted by Crippen LogP contribution is 2.33. The first-order valence-corrected chi connectivity index (χ1v) is 13.1. The van der Waals surface area contributed by atoms with E-state index in [-0.39, 0.29) is 38.4 Å². The molecule has 0 unspecified atom stereocenters. The molecule has 0 spiro atoms. The zero-order valence-electron chi connectivity index (χ0n) is 19.0. The molecule has 37 heavy (non-hydrogen) atoms. The van der Waals surface area contributed by atoms with Crippen molar-refractivity contribution in [3.05, 3.63) is 92.0 Å². The van der Waals surface area contributed by atoms with Crippen LogP contribution < -0.4 is 9.62 Å². The number of carbonyl (C=O) groups excluding carboxylic acids is 2. The number of nitro groups is 1. The Bertz CT molecular complexity index is 1510. The number of nitrogens with zero attached hydrogens (tertiary/aromatic N) is 2. The summed E-state index contributed by atoms with van der Waals surface area (Å²) in [5.74, 6) is -1.85. The predicted molar refractivity (Wildman–Crippen MR) is 138 cm³/mol. The van der Waals surface area contributed by atoms with Crippen LogP contribution in [-0.4, -0.2) is 38.4 Å². The highest BCUT2D eigenvalue weighted by molar-refractivity contribution is 7.92. The molecular formula is C24H19Cl2N3O7S. The Balaban J connectivity index is 1.49. The SMILES string of the molecule is O=C(COC(=O)c1cc(S(=O)(=O)N2CCCc3ccccc32)ccc1Cl)Nc1cc([N+](=O)[O-])ccc1Cl. The van der Waals surface area contributed by atoms with Gasteiger partial charge in [-0.15, -0.1) is 0 Å². The van der Waals surface area contributed by atoms with Gasteiger partial charge in [-0.05, 0) is 48.7 Å². The molecule has 3 aromatic carbocycles. The van der Waals surface area contributed by atoms with Crippen LogP contribution in [0.25, 0.3) is 0 Å². The number of aryl methyl sites for hydroxylation is 1. The molecule has 0 atom stereocenters. The van der Waals surface area contributed by atoms with Gasteiger partial charge in [0.1, 0.15) is 0 Å². The van der Waals surface area contributed by atoms with Gasteiger partial charge < -0.3 is 10.1 Å². The van der Waals surface area contributed by atoms with Crippen molar-refractivity contribution in [1.29, 1.82) is 0 Å². The van der Waals surface area contributed by atoms with Gasteiger partial charge in [-0.3, -0.25) is 19.2 Å². The molecule has 0 fully saturated rings. The minimum absolute atomic E-state index is 0.0372. The Morgan fingerprint density at radius 2 is 1.78 bits per heavy atom. The number of benzene rings is 3. The molecule has 1 heterocycles. The standard InChI is InChI=1S/C24H19Cl2N3O7S/c25-19-10-8-17(37(34,35)28-11-3-5-15-4-1-2-6-22(15)28)13-18(19)24(31)36-14-23(30)27-21-12-16(29(32)33)7-9-20(21)26/h1-2,4,6-10,12-13H,3,5,11,14H2,(H,27,30). The van der Waals surface area contributed by atoms with Crippen LogP contribution in [-0.2, 0) is 26.0 Å².